The number of aromatic hydroxyl groups is 3. The number of phenolic OH excluding ortho intramolecular Hbond substituents is 1. The molecule has 4 aromatic rings. The largest absolute Gasteiger partial charge is 0.508 e. The van der Waals surface area contributed by atoms with E-state index in [1.807, 2.05) is 54.6 Å². The van der Waals surface area contributed by atoms with Crippen LogP contribution in [0, 0.1) is 0 Å². The van der Waals surface area contributed by atoms with Crippen LogP contribution in [0.1, 0.15) is 22.8 Å². The lowest BCUT2D eigenvalue weighted by Gasteiger charge is -1.87. The molecule has 5 N–H and O–H groups in total. The van der Waals surface area contributed by atoms with E-state index in [2.05, 4.69) is 19.9 Å². The van der Waals surface area contributed by atoms with E-state index in [-0.39, 0.29) is 11.5 Å². The average Bonchev–Trinajstić information content (AvgIpc) is 3.58. The summed E-state index contributed by atoms with van der Waals surface area (Å²) >= 11 is 0. The first-order chi connectivity index (χ1) is 16.0. The summed E-state index contributed by atoms with van der Waals surface area (Å²) < 4.78 is 0. The van der Waals surface area contributed by atoms with Crippen LogP contribution in [0.25, 0.3) is 46.4 Å². The van der Waals surface area contributed by atoms with Gasteiger partial charge in [-0.15, -0.1) is 0 Å². The van der Waals surface area contributed by atoms with Crippen LogP contribution >= 0.6 is 0 Å². The first kappa shape index (κ1) is 20.1. The van der Waals surface area contributed by atoms with Crippen molar-refractivity contribution in [1.29, 1.82) is 0 Å². The van der Waals surface area contributed by atoms with Gasteiger partial charge < -0.3 is 25.3 Å². The summed E-state index contributed by atoms with van der Waals surface area (Å²) in [4.78, 5) is 15.4. The molecule has 33 heavy (non-hydrogen) atoms. The second-order valence-corrected chi connectivity index (χ2v) is 7.52. The second-order valence-electron chi connectivity index (χ2n) is 7.52. The predicted molar refractivity (Wildman–Crippen MR) is 130 cm³/mol. The zero-order chi connectivity index (χ0) is 22.8. The quantitative estimate of drug-likeness (QED) is 0.217. The number of nitrogens with one attached hydrogen (secondary N) is 2. The van der Waals surface area contributed by atoms with Gasteiger partial charge in [-0.05, 0) is 72.8 Å². The highest BCUT2D eigenvalue weighted by Gasteiger charge is 2.10. The molecule has 8 bridgehead atoms. The van der Waals surface area contributed by atoms with Gasteiger partial charge in [0.25, 0.3) is 0 Å². The van der Waals surface area contributed by atoms with E-state index in [1.165, 1.54) is 0 Å². The van der Waals surface area contributed by atoms with Crippen molar-refractivity contribution in [3.63, 3.8) is 0 Å². The summed E-state index contributed by atoms with van der Waals surface area (Å²) in [6, 6.07) is 19.9. The van der Waals surface area contributed by atoms with Crippen molar-refractivity contribution < 1.29 is 15.3 Å². The average molecular weight is 436 g/mol. The summed E-state index contributed by atoms with van der Waals surface area (Å²) in [5.41, 5.74) is 5.62. The van der Waals surface area contributed by atoms with Crippen LogP contribution < -0.4 is 0 Å². The Balaban J connectivity index is 0.000000281. The van der Waals surface area contributed by atoms with Crippen LogP contribution in [0.2, 0.25) is 0 Å². The van der Waals surface area contributed by atoms with Crippen molar-refractivity contribution in [2.24, 2.45) is 0 Å². The summed E-state index contributed by atoms with van der Waals surface area (Å²) in [5.74, 6) is -0.0930. The van der Waals surface area contributed by atoms with E-state index in [4.69, 9.17) is 5.11 Å². The van der Waals surface area contributed by atoms with Crippen molar-refractivity contribution in [1.82, 2.24) is 19.9 Å². The van der Waals surface area contributed by atoms with E-state index < -0.39 is 0 Å². The Hall–Kier alpha value is -4.78. The maximum Gasteiger partial charge on any atom is 0.183 e. The number of para-hydroxylation sites is 1. The molecule has 1 aromatic carbocycles. The Labute approximate surface area is 188 Å². The number of hydrogen-bond acceptors (Lipinski definition) is 5. The van der Waals surface area contributed by atoms with Crippen molar-refractivity contribution in [3.8, 4) is 17.2 Å². The minimum atomic E-state index is -0.207. The minimum absolute atomic E-state index is 0.207. The Bertz CT molecular complexity index is 1450. The number of benzene rings is 1. The number of fused-ring (bicyclic) bond motifs is 8. The van der Waals surface area contributed by atoms with Gasteiger partial charge in [0, 0.05) is 11.0 Å². The first-order valence-corrected chi connectivity index (χ1v) is 10.3. The molecular weight excluding hydrogens is 416 g/mol. The number of aromatic nitrogens is 4. The Morgan fingerprint density at radius 3 is 1.39 bits per heavy atom. The van der Waals surface area contributed by atoms with Crippen LogP contribution in [0.3, 0.4) is 0 Å². The molecule has 0 spiro atoms. The molecule has 162 valence electrons. The van der Waals surface area contributed by atoms with Crippen molar-refractivity contribution in [2.75, 3.05) is 0 Å². The molecular formula is C26H20N4O3. The monoisotopic (exact) mass is 436 g/mol. The van der Waals surface area contributed by atoms with Gasteiger partial charge in [0.15, 0.2) is 11.5 Å². The summed E-state index contributed by atoms with van der Waals surface area (Å²) in [6.45, 7) is 0. The molecule has 7 heteroatoms. The number of phenols is 1. The van der Waals surface area contributed by atoms with E-state index in [9.17, 15) is 10.2 Å². The van der Waals surface area contributed by atoms with Gasteiger partial charge in [-0.25, -0.2) is 9.97 Å². The molecule has 0 atom stereocenters. The van der Waals surface area contributed by atoms with Crippen molar-refractivity contribution in [2.45, 2.75) is 0 Å². The summed E-state index contributed by atoms with van der Waals surface area (Å²) in [7, 11) is 0. The normalized spacial score (nSPS) is 11.8. The van der Waals surface area contributed by atoms with Gasteiger partial charge >= 0.3 is 0 Å². The highest BCUT2D eigenvalue weighted by Crippen LogP contribution is 2.34. The molecule has 0 saturated heterocycles. The molecule has 7 nitrogen and oxygen atoms in total. The van der Waals surface area contributed by atoms with Crippen LogP contribution in [0.5, 0.6) is 17.2 Å². The molecule has 0 unspecified atom stereocenters. The van der Waals surface area contributed by atoms with E-state index in [1.54, 1.807) is 36.4 Å². The molecule has 0 radical (unpaired) electrons. The maximum absolute atomic E-state index is 10.2. The number of H-pyrrole nitrogens is 2. The molecule has 2 aliphatic rings. The molecule has 0 aliphatic carbocycles. The van der Waals surface area contributed by atoms with Crippen molar-refractivity contribution >= 4 is 46.4 Å². The Kier molecular flexibility index (Phi) is 5.12. The number of aromatic amines is 2. The van der Waals surface area contributed by atoms with E-state index >= 15 is 0 Å². The van der Waals surface area contributed by atoms with E-state index in [0.29, 0.717) is 28.2 Å². The molecule has 0 saturated carbocycles. The fourth-order valence-electron chi connectivity index (χ4n) is 3.48. The fourth-order valence-corrected chi connectivity index (χ4v) is 3.48. The van der Waals surface area contributed by atoms with Crippen LogP contribution in [0.15, 0.2) is 66.7 Å². The third-order valence-corrected chi connectivity index (χ3v) is 5.05. The molecule has 3 aromatic heterocycles. The van der Waals surface area contributed by atoms with Gasteiger partial charge in [-0.2, -0.15) is 0 Å². The number of nitrogens with zero attached hydrogens (tertiary/aromatic N) is 2. The summed E-state index contributed by atoms with van der Waals surface area (Å²) in [5, 5.41) is 29.0. The van der Waals surface area contributed by atoms with Gasteiger partial charge in [0.2, 0.25) is 0 Å². The zero-order valence-electron chi connectivity index (χ0n) is 17.4. The summed E-state index contributed by atoms with van der Waals surface area (Å²) in [6.07, 6.45) is 7.49. The molecule has 6 rings (SSSR count). The van der Waals surface area contributed by atoms with Crippen molar-refractivity contribution in [3.05, 3.63) is 89.5 Å². The highest BCUT2D eigenvalue weighted by molar-refractivity contribution is 5.83. The van der Waals surface area contributed by atoms with Crippen LogP contribution in [0.4, 0.5) is 0 Å². The first-order valence-electron chi connectivity index (χ1n) is 10.3. The molecule has 0 fully saturated rings. The SMILES string of the molecule is Oc1c(O)c2cc3nc(cc4ccc(cc5nc(cc1[nH]2)C=C5)[nH]4)C=C3.Oc1ccccc1. The Morgan fingerprint density at radius 2 is 0.970 bits per heavy atom. The topological polar surface area (TPSA) is 118 Å². The minimum Gasteiger partial charge on any atom is -0.508 e. The fraction of sp³-hybridized carbons (Fsp3) is 0. The molecule has 0 amide bonds. The zero-order valence-corrected chi connectivity index (χ0v) is 17.4. The van der Waals surface area contributed by atoms with Gasteiger partial charge in [-0.3, -0.25) is 0 Å². The van der Waals surface area contributed by atoms with Crippen LogP contribution in [-0.4, -0.2) is 35.3 Å². The molecule has 2 aliphatic heterocycles. The third kappa shape index (κ3) is 4.47. The highest BCUT2D eigenvalue weighted by atomic mass is 16.3. The smallest absolute Gasteiger partial charge is 0.183 e. The number of rotatable bonds is 0. The standard InChI is InChI=1S/C20H14N4O2.C6H6O/c25-19-17-9-15-5-3-13(22-15)7-11-1-2-12(21-11)8-14-4-6-16(23-14)10-18(24-17)20(19)26;7-6-4-2-1-3-5-6/h1-10,21,24-26H;1-5,7H. The Morgan fingerprint density at radius 1 is 0.515 bits per heavy atom. The lowest BCUT2D eigenvalue weighted by molar-refractivity contribution is 0.414. The number of hydrogen-bond donors (Lipinski definition) is 5. The van der Waals surface area contributed by atoms with Crippen LogP contribution in [-0.2, 0) is 0 Å². The van der Waals surface area contributed by atoms with Gasteiger partial charge in [0.05, 0.1) is 33.8 Å². The van der Waals surface area contributed by atoms with E-state index in [0.717, 1.165) is 22.4 Å². The maximum atomic E-state index is 10.2. The van der Waals surface area contributed by atoms with Gasteiger partial charge in [0.1, 0.15) is 5.75 Å². The molecule has 5 heterocycles. The van der Waals surface area contributed by atoms with Gasteiger partial charge in [-0.1, -0.05) is 18.2 Å². The predicted octanol–water partition coefficient (Wildman–Crippen LogP) is 5.46. The third-order valence-electron chi connectivity index (χ3n) is 5.05. The second kappa shape index (κ2) is 8.39. The lowest BCUT2D eigenvalue weighted by Crippen LogP contribution is -1.75. The lowest BCUT2D eigenvalue weighted by atomic mass is 10.3.